The highest BCUT2D eigenvalue weighted by molar-refractivity contribution is 4.89. The highest BCUT2D eigenvalue weighted by Crippen LogP contribution is 2.17. The van der Waals surface area contributed by atoms with Gasteiger partial charge in [0.25, 0.3) is 0 Å². The molecule has 0 aromatic carbocycles. The van der Waals surface area contributed by atoms with E-state index in [1.54, 1.807) is 0 Å². The smallest absolute Gasteiger partial charge is 0.105 e. The van der Waals surface area contributed by atoms with E-state index in [1.807, 2.05) is 6.20 Å². The molecule has 2 rings (SSSR count). The number of likely N-dealkylation sites (tertiary alicyclic amines) is 1. The molecule has 0 saturated carbocycles. The van der Waals surface area contributed by atoms with E-state index >= 15 is 0 Å². The van der Waals surface area contributed by atoms with Gasteiger partial charge in [-0.3, -0.25) is 4.90 Å². The van der Waals surface area contributed by atoms with E-state index in [1.165, 1.54) is 25.8 Å². The van der Waals surface area contributed by atoms with Gasteiger partial charge in [0.15, 0.2) is 0 Å². The number of nitrogens with one attached hydrogen (secondary N) is 1. The van der Waals surface area contributed by atoms with Crippen LogP contribution in [-0.2, 0) is 6.54 Å². The van der Waals surface area contributed by atoms with E-state index < -0.39 is 0 Å². The molecule has 1 atom stereocenters. The molecule has 4 nitrogen and oxygen atoms in total. The number of aryl methyl sites for hydroxylation is 1. The van der Waals surface area contributed by atoms with Crippen molar-refractivity contribution in [2.75, 3.05) is 19.6 Å². The van der Waals surface area contributed by atoms with Crippen LogP contribution in [0.1, 0.15) is 45.9 Å². The van der Waals surface area contributed by atoms with Crippen LogP contribution in [0.15, 0.2) is 12.4 Å². The minimum absolute atomic E-state index is 0.212. The van der Waals surface area contributed by atoms with Crippen LogP contribution in [0.5, 0.6) is 0 Å². The molecular weight excluding hydrogens is 248 g/mol. The van der Waals surface area contributed by atoms with E-state index in [0.29, 0.717) is 6.04 Å². The van der Waals surface area contributed by atoms with Gasteiger partial charge in [-0.25, -0.2) is 4.98 Å². The molecule has 1 aliphatic heterocycles. The Balaban J connectivity index is 1.85. The summed E-state index contributed by atoms with van der Waals surface area (Å²) in [6.45, 7) is 13.3. The first kappa shape index (κ1) is 15.5. The molecule has 4 heteroatoms. The summed E-state index contributed by atoms with van der Waals surface area (Å²) in [7, 11) is 0. The van der Waals surface area contributed by atoms with Crippen LogP contribution in [-0.4, -0.2) is 45.7 Å². The van der Waals surface area contributed by atoms with E-state index in [-0.39, 0.29) is 5.54 Å². The fourth-order valence-electron chi connectivity index (χ4n) is 2.89. The average molecular weight is 278 g/mol. The van der Waals surface area contributed by atoms with E-state index in [4.69, 9.17) is 0 Å². The lowest BCUT2D eigenvalue weighted by atomic mass is 10.0. The van der Waals surface area contributed by atoms with Crippen LogP contribution in [0.2, 0.25) is 0 Å². The summed E-state index contributed by atoms with van der Waals surface area (Å²) in [5.74, 6) is 1.12. The maximum absolute atomic E-state index is 4.30. The van der Waals surface area contributed by atoms with Gasteiger partial charge in [0.1, 0.15) is 5.82 Å². The van der Waals surface area contributed by atoms with Crippen molar-refractivity contribution < 1.29 is 0 Å². The number of hydrogen-bond acceptors (Lipinski definition) is 3. The Morgan fingerprint density at radius 2 is 2.10 bits per heavy atom. The summed E-state index contributed by atoms with van der Waals surface area (Å²) in [6, 6.07) is 0.687. The van der Waals surface area contributed by atoms with Gasteiger partial charge >= 0.3 is 0 Å². The first-order chi connectivity index (χ1) is 9.46. The maximum atomic E-state index is 4.30. The lowest BCUT2D eigenvalue weighted by Crippen LogP contribution is -2.50. The third-order valence-electron chi connectivity index (χ3n) is 4.17. The van der Waals surface area contributed by atoms with Crippen molar-refractivity contribution in [1.82, 2.24) is 19.8 Å². The van der Waals surface area contributed by atoms with Crippen molar-refractivity contribution in [3.8, 4) is 0 Å². The summed E-state index contributed by atoms with van der Waals surface area (Å²) in [4.78, 5) is 6.95. The Bertz CT molecular complexity index is 405. The van der Waals surface area contributed by atoms with Crippen molar-refractivity contribution >= 4 is 0 Å². The van der Waals surface area contributed by atoms with Gasteiger partial charge in [-0.05, 0) is 47.1 Å². The zero-order chi connectivity index (χ0) is 14.6. The van der Waals surface area contributed by atoms with Crippen LogP contribution in [0.4, 0.5) is 0 Å². The van der Waals surface area contributed by atoms with Crippen molar-refractivity contribution in [1.29, 1.82) is 0 Å². The molecule has 1 aromatic heterocycles. The van der Waals surface area contributed by atoms with Gasteiger partial charge in [-0.2, -0.15) is 0 Å². The molecule has 0 spiro atoms. The van der Waals surface area contributed by atoms with Crippen LogP contribution in [0, 0.1) is 6.92 Å². The van der Waals surface area contributed by atoms with Crippen molar-refractivity contribution in [3.05, 3.63) is 18.2 Å². The molecule has 2 heterocycles. The Morgan fingerprint density at radius 1 is 1.30 bits per heavy atom. The second-order valence-electron chi connectivity index (χ2n) is 6.98. The maximum Gasteiger partial charge on any atom is 0.105 e. The van der Waals surface area contributed by atoms with Crippen molar-refractivity contribution in [2.24, 2.45) is 0 Å². The highest BCUT2D eigenvalue weighted by Gasteiger charge is 2.23. The van der Waals surface area contributed by atoms with Crippen LogP contribution >= 0.6 is 0 Å². The fraction of sp³-hybridized carbons (Fsp3) is 0.812. The molecule has 1 fully saturated rings. The fourth-order valence-corrected chi connectivity index (χ4v) is 2.89. The van der Waals surface area contributed by atoms with Gasteiger partial charge < -0.3 is 9.88 Å². The molecule has 0 amide bonds. The topological polar surface area (TPSA) is 33.1 Å². The molecule has 1 aliphatic rings. The largest absolute Gasteiger partial charge is 0.334 e. The Labute approximate surface area is 123 Å². The third-order valence-corrected chi connectivity index (χ3v) is 4.17. The van der Waals surface area contributed by atoms with Crippen LogP contribution in [0.25, 0.3) is 0 Å². The number of imidazole rings is 1. The monoisotopic (exact) mass is 278 g/mol. The minimum Gasteiger partial charge on any atom is -0.334 e. The molecule has 1 aromatic rings. The Hall–Kier alpha value is -0.870. The quantitative estimate of drug-likeness (QED) is 0.898. The van der Waals surface area contributed by atoms with Gasteiger partial charge in [0, 0.05) is 43.6 Å². The summed E-state index contributed by atoms with van der Waals surface area (Å²) in [6.07, 6.45) is 8.02. The summed E-state index contributed by atoms with van der Waals surface area (Å²) < 4.78 is 2.25. The lowest BCUT2D eigenvalue weighted by Gasteiger charge is -2.37. The van der Waals surface area contributed by atoms with Crippen LogP contribution < -0.4 is 5.32 Å². The molecule has 0 aliphatic carbocycles. The second kappa shape index (κ2) is 6.72. The molecule has 0 radical (unpaired) electrons. The normalized spacial score (nSPS) is 21.3. The predicted octanol–water partition coefficient (Wildman–Crippen LogP) is 2.43. The standard InChI is InChI=1S/C16H30N4/c1-14-17-8-10-19(14)11-12-20-9-6-5-7-15(20)13-18-16(2,3)4/h8,10,15,18H,5-7,9,11-13H2,1-4H3. The summed E-state index contributed by atoms with van der Waals surface area (Å²) in [5, 5.41) is 3.67. The number of rotatable bonds is 5. The molecule has 114 valence electrons. The van der Waals surface area contributed by atoms with E-state index in [2.05, 4.69) is 53.7 Å². The Morgan fingerprint density at radius 3 is 2.75 bits per heavy atom. The predicted molar refractivity (Wildman–Crippen MR) is 83.9 cm³/mol. The lowest BCUT2D eigenvalue weighted by molar-refractivity contribution is 0.133. The average Bonchev–Trinajstić information content (AvgIpc) is 2.79. The first-order valence-corrected chi connectivity index (χ1v) is 7.92. The molecular formula is C16H30N4. The second-order valence-corrected chi connectivity index (χ2v) is 6.98. The molecule has 0 bridgehead atoms. The zero-order valence-corrected chi connectivity index (χ0v) is 13.5. The minimum atomic E-state index is 0.212. The van der Waals surface area contributed by atoms with Crippen LogP contribution in [0.3, 0.4) is 0 Å². The first-order valence-electron chi connectivity index (χ1n) is 7.92. The number of aromatic nitrogens is 2. The van der Waals surface area contributed by atoms with Gasteiger partial charge in [-0.1, -0.05) is 6.42 Å². The molecule has 1 N–H and O–H groups in total. The summed E-state index contributed by atoms with van der Waals surface area (Å²) in [5.41, 5.74) is 0.212. The van der Waals surface area contributed by atoms with Gasteiger partial charge in [-0.15, -0.1) is 0 Å². The molecule has 1 saturated heterocycles. The number of nitrogens with zero attached hydrogens (tertiary/aromatic N) is 3. The Kier molecular flexibility index (Phi) is 5.22. The number of hydrogen-bond donors (Lipinski definition) is 1. The highest BCUT2D eigenvalue weighted by atomic mass is 15.2. The van der Waals surface area contributed by atoms with Crippen molar-refractivity contribution in [3.63, 3.8) is 0 Å². The third kappa shape index (κ3) is 4.60. The zero-order valence-electron chi connectivity index (χ0n) is 13.5. The van der Waals surface area contributed by atoms with Crippen molar-refractivity contribution in [2.45, 2.75) is 65.1 Å². The molecule has 1 unspecified atom stereocenters. The van der Waals surface area contributed by atoms with Gasteiger partial charge in [0.2, 0.25) is 0 Å². The van der Waals surface area contributed by atoms with E-state index in [9.17, 15) is 0 Å². The number of piperidine rings is 1. The molecule has 20 heavy (non-hydrogen) atoms. The summed E-state index contributed by atoms with van der Waals surface area (Å²) >= 11 is 0. The SMILES string of the molecule is Cc1nccn1CCN1CCCCC1CNC(C)(C)C. The van der Waals surface area contributed by atoms with E-state index in [0.717, 1.165) is 25.5 Å². The van der Waals surface area contributed by atoms with Gasteiger partial charge in [0.05, 0.1) is 0 Å².